The zero-order valence-electron chi connectivity index (χ0n) is 15.7. The van der Waals surface area contributed by atoms with E-state index >= 15 is 0 Å². The first kappa shape index (κ1) is 22.0. The summed E-state index contributed by atoms with van der Waals surface area (Å²) in [5, 5.41) is 0.000716. The van der Waals surface area contributed by atoms with Crippen LogP contribution >= 0.6 is 11.6 Å². The molecule has 30 heavy (non-hydrogen) atoms. The Morgan fingerprint density at radius 1 is 1.10 bits per heavy atom. The topological polar surface area (TPSA) is 105 Å². The number of sulfonamides is 1. The van der Waals surface area contributed by atoms with Gasteiger partial charge in [0.1, 0.15) is 4.90 Å². The Balaban J connectivity index is 1.61. The van der Waals surface area contributed by atoms with Crippen molar-refractivity contribution >= 4 is 33.4 Å². The number of benzene rings is 2. The highest BCUT2D eigenvalue weighted by molar-refractivity contribution is 7.89. The minimum Gasteiger partial charge on any atom is -0.481 e. The summed E-state index contributed by atoms with van der Waals surface area (Å²) in [6, 6.07) is 9.37. The first-order chi connectivity index (χ1) is 14.3. The van der Waals surface area contributed by atoms with E-state index in [1.807, 2.05) is 0 Å². The lowest BCUT2D eigenvalue weighted by Gasteiger charge is -2.17. The molecule has 160 valence electrons. The van der Waals surface area contributed by atoms with E-state index < -0.39 is 34.3 Å². The lowest BCUT2D eigenvalue weighted by atomic mass is 10.2. The van der Waals surface area contributed by atoms with Crippen LogP contribution in [0.5, 0.6) is 5.75 Å². The number of para-hydroxylation sites is 1. The Bertz CT molecular complexity index is 1060. The van der Waals surface area contributed by atoms with Crippen LogP contribution in [0.1, 0.15) is 23.2 Å². The second kappa shape index (κ2) is 9.41. The molecule has 0 unspecified atom stereocenters. The van der Waals surface area contributed by atoms with E-state index in [-0.39, 0.29) is 21.2 Å². The summed E-state index contributed by atoms with van der Waals surface area (Å²) in [6.07, 6.45) is 1.52. The quantitative estimate of drug-likeness (QED) is 0.649. The molecule has 0 saturated carbocycles. The van der Waals surface area contributed by atoms with Crippen LogP contribution in [-0.4, -0.2) is 44.2 Å². The van der Waals surface area contributed by atoms with E-state index in [1.165, 1.54) is 34.6 Å². The second-order valence-electron chi connectivity index (χ2n) is 6.48. The number of amides is 2. The average Bonchev–Trinajstić information content (AvgIpc) is 3.27. The number of nitrogens with one attached hydrogen (secondary N) is 2. The third-order valence-corrected chi connectivity index (χ3v) is 6.77. The van der Waals surface area contributed by atoms with Gasteiger partial charge in [-0.3, -0.25) is 20.4 Å². The monoisotopic (exact) mass is 455 g/mol. The van der Waals surface area contributed by atoms with Crippen LogP contribution in [0.2, 0.25) is 5.02 Å². The molecule has 2 aromatic carbocycles. The smallest absolute Gasteiger partial charge is 0.276 e. The van der Waals surface area contributed by atoms with Crippen LogP contribution in [0.25, 0.3) is 0 Å². The van der Waals surface area contributed by atoms with Crippen LogP contribution in [0, 0.1) is 5.82 Å². The van der Waals surface area contributed by atoms with Gasteiger partial charge in [-0.15, -0.1) is 0 Å². The number of hydrogen-bond donors (Lipinski definition) is 2. The van der Waals surface area contributed by atoms with E-state index in [4.69, 9.17) is 16.3 Å². The number of hydrazine groups is 1. The molecule has 1 heterocycles. The van der Waals surface area contributed by atoms with Crippen molar-refractivity contribution in [2.75, 3.05) is 19.7 Å². The fraction of sp³-hybridized carbons (Fsp3) is 0.263. The standard InChI is InChI=1S/C19H19ClFN3O5S/c20-14-8-7-13(11-17(14)30(27,28)24-9-3-4-10-24)19(26)23-22-18(25)12-29-16-6-2-1-5-15(16)21/h1-2,5-8,11H,3-4,9-10,12H2,(H,22,25)(H,23,26). The first-order valence-corrected chi connectivity index (χ1v) is 10.9. The molecule has 2 aromatic rings. The molecule has 1 saturated heterocycles. The van der Waals surface area contributed by atoms with Gasteiger partial charge in [-0.25, -0.2) is 12.8 Å². The first-order valence-electron chi connectivity index (χ1n) is 9.05. The summed E-state index contributed by atoms with van der Waals surface area (Å²) in [4.78, 5) is 24.0. The normalized spacial score (nSPS) is 14.3. The number of rotatable bonds is 6. The molecule has 1 fully saturated rings. The molecule has 2 N–H and O–H groups in total. The maximum absolute atomic E-state index is 13.5. The van der Waals surface area contributed by atoms with Crippen molar-refractivity contribution in [1.29, 1.82) is 0 Å². The third kappa shape index (κ3) is 5.07. The van der Waals surface area contributed by atoms with Gasteiger partial charge in [0, 0.05) is 18.7 Å². The SMILES string of the molecule is O=C(COc1ccccc1F)NNC(=O)c1ccc(Cl)c(S(=O)(=O)N2CCCC2)c1. The molecule has 1 aliphatic rings. The molecular formula is C19H19ClFN3O5S. The van der Waals surface area contributed by atoms with Gasteiger partial charge < -0.3 is 4.74 Å². The molecule has 0 spiro atoms. The predicted molar refractivity (Wildman–Crippen MR) is 107 cm³/mol. The maximum Gasteiger partial charge on any atom is 0.276 e. The molecular weight excluding hydrogens is 437 g/mol. The van der Waals surface area contributed by atoms with E-state index in [9.17, 15) is 22.4 Å². The second-order valence-corrected chi connectivity index (χ2v) is 8.79. The summed E-state index contributed by atoms with van der Waals surface area (Å²) in [5.74, 6) is -2.20. The van der Waals surface area contributed by atoms with Gasteiger partial charge in [-0.1, -0.05) is 23.7 Å². The predicted octanol–water partition coefficient (Wildman–Crippen LogP) is 2.10. The van der Waals surface area contributed by atoms with Crippen molar-refractivity contribution in [3.05, 3.63) is 58.9 Å². The van der Waals surface area contributed by atoms with E-state index in [0.717, 1.165) is 18.9 Å². The van der Waals surface area contributed by atoms with Crippen molar-refractivity contribution in [2.24, 2.45) is 0 Å². The molecule has 0 bridgehead atoms. The largest absolute Gasteiger partial charge is 0.481 e. The molecule has 2 amide bonds. The minimum atomic E-state index is -3.82. The molecule has 11 heteroatoms. The highest BCUT2D eigenvalue weighted by Gasteiger charge is 2.29. The van der Waals surface area contributed by atoms with E-state index in [1.54, 1.807) is 6.07 Å². The molecule has 1 aliphatic heterocycles. The third-order valence-electron chi connectivity index (χ3n) is 4.39. The highest BCUT2D eigenvalue weighted by Crippen LogP contribution is 2.28. The summed E-state index contributed by atoms with van der Waals surface area (Å²) >= 11 is 6.05. The lowest BCUT2D eigenvalue weighted by molar-refractivity contribution is -0.123. The van der Waals surface area contributed by atoms with Gasteiger partial charge in [-0.05, 0) is 43.2 Å². The Kier molecular flexibility index (Phi) is 6.91. The van der Waals surface area contributed by atoms with Gasteiger partial charge in [0.15, 0.2) is 18.2 Å². The van der Waals surface area contributed by atoms with Crippen LogP contribution in [-0.2, 0) is 14.8 Å². The number of nitrogens with zero attached hydrogens (tertiary/aromatic N) is 1. The number of carbonyl (C=O) groups excluding carboxylic acids is 2. The zero-order valence-corrected chi connectivity index (χ0v) is 17.3. The van der Waals surface area contributed by atoms with Crippen LogP contribution < -0.4 is 15.6 Å². The number of hydrogen-bond acceptors (Lipinski definition) is 5. The zero-order chi connectivity index (χ0) is 21.7. The fourth-order valence-corrected chi connectivity index (χ4v) is 4.87. The van der Waals surface area contributed by atoms with Crippen LogP contribution in [0.4, 0.5) is 4.39 Å². The van der Waals surface area contributed by atoms with Gasteiger partial charge in [-0.2, -0.15) is 4.31 Å². The van der Waals surface area contributed by atoms with Crippen molar-refractivity contribution in [3.8, 4) is 5.75 Å². The molecule has 0 radical (unpaired) electrons. The Morgan fingerprint density at radius 3 is 2.50 bits per heavy atom. The summed E-state index contributed by atoms with van der Waals surface area (Å²) in [6.45, 7) is 0.261. The number of halogens is 2. The van der Waals surface area contributed by atoms with Gasteiger partial charge in [0.25, 0.3) is 11.8 Å². The van der Waals surface area contributed by atoms with Gasteiger partial charge >= 0.3 is 0 Å². The van der Waals surface area contributed by atoms with Crippen molar-refractivity contribution in [3.63, 3.8) is 0 Å². The molecule has 0 atom stereocenters. The molecule has 3 rings (SSSR count). The lowest BCUT2D eigenvalue weighted by Crippen LogP contribution is -2.43. The van der Waals surface area contributed by atoms with Gasteiger partial charge in [0.2, 0.25) is 10.0 Å². The highest BCUT2D eigenvalue weighted by atomic mass is 35.5. The molecule has 0 aliphatic carbocycles. The van der Waals surface area contributed by atoms with Crippen molar-refractivity contribution in [2.45, 2.75) is 17.7 Å². The summed E-state index contributed by atoms with van der Waals surface area (Å²) in [5.41, 5.74) is 4.27. The average molecular weight is 456 g/mol. The van der Waals surface area contributed by atoms with Crippen molar-refractivity contribution in [1.82, 2.24) is 15.2 Å². The van der Waals surface area contributed by atoms with Crippen LogP contribution in [0.3, 0.4) is 0 Å². The summed E-state index contributed by atoms with van der Waals surface area (Å²) < 4.78 is 45.3. The minimum absolute atomic E-state index is 0.000716. The number of ether oxygens (including phenoxy) is 1. The maximum atomic E-state index is 13.5. The summed E-state index contributed by atoms with van der Waals surface area (Å²) in [7, 11) is -3.82. The van der Waals surface area contributed by atoms with Gasteiger partial charge in [0.05, 0.1) is 5.02 Å². The van der Waals surface area contributed by atoms with E-state index in [0.29, 0.717) is 13.1 Å². The molecule has 8 nitrogen and oxygen atoms in total. The van der Waals surface area contributed by atoms with Crippen LogP contribution in [0.15, 0.2) is 47.4 Å². The molecule has 0 aromatic heterocycles. The Morgan fingerprint density at radius 2 is 1.80 bits per heavy atom. The number of carbonyl (C=O) groups is 2. The van der Waals surface area contributed by atoms with E-state index in [2.05, 4.69) is 10.9 Å². The van der Waals surface area contributed by atoms with Crippen molar-refractivity contribution < 1.29 is 27.1 Å². The Labute approximate surface area is 178 Å². The fourth-order valence-electron chi connectivity index (χ4n) is 2.85. The Hall–Kier alpha value is -2.69.